The number of hydrogen-bond donors (Lipinski definition) is 1. The fourth-order valence-corrected chi connectivity index (χ4v) is 4.71. The number of H-pyrrole nitrogens is 1. The molecule has 0 spiro atoms. The first-order valence-electron chi connectivity index (χ1n) is 8.87. The lowest BCUT2D eigenvalue weighted by Gasteiger charge is -2.20. The van der Waals surface area contributed by atoms with Gasteiger partial charge in [-0.1, -0.05) is 19.1 Å². The fraction of sp³-hybridized carbons (Fsp3) is 0.389. The van der Waals surface area contributed by atoms with E-state index in [4.69, 9.17) is 0 Å². The third kappa shape index (κ3) is 3.40. The molecule has 0 amide bonds. The van der Waals surface area contributed by atoms with Gasteiger partial charge in [-0.3, -0.25) is 9.36 Å². The van der Waals surface area contributed by atoms with Crippen LogP contribution in [0.2, 0.25) is 0 Å². The normalized spacial score (nSPS) is 12.2. The average Bonchev–Trinajstić information content (AvgIpc) is 3.07. The molecule has 0 bridgehead atoms. The summed E-state index contributed by atoms with van der Waals surface area (Å²) in [6.07, 6.45) is 1.44. The number of nitrogens with one attached hydrogen (secondary N) is 1. The van der Waals surface area contributed by atoms with Gasteiger partial charge in [0.1, 0.15) is 5.82 Å². The SMILES string of the molecule is CCN(CCc1nc2c(C)cccc2[nH]1)S(=O)(=O)c1cn(C)c(=O)n(C)c1=O. The van der Waals surface area contributed by atoms with Gasteiger partial charge in [-0.05, 0) is 18.6 Å². The second kappa shape index (κ2) is 7.36. The van der Waals surface area contributed by atoms with Gasteiger partial charge in [0, 0.05) is 39.8 Å². The highest BCUT2D eigenvalue weighted by Crippen LogP contribution is 2.17. The molecule has 0 radical (unpaired) electrons. The minimum Gasteiger partial charge on any atom is -0.342 e. The van der Waals surface area contributed by atoms with Gasteiger partial charge in [0.05, 0.1) is 11.0 Å². The summed E-state index contributed by atoms with van der Waals surface area (Å²) < 4.78 is 29.1. The van der Waals surface area contributed by atoms with Crippen LogP contribution in [0.1, 0.15) is 18.3 Å². The molecule has 3 aromatic rings. The van der Waals surface area contributed by atoms with Crippen molar-refractivity contribution in [1.82, 2.24) is 23.4 Å². The van der Waals surface area contributed by atoms with Crippen molar-refractivity contribution in [3.05, 3.63) is 56.6 Å². The van der Waals surface area contributed by atoms with Crippen LogP contribution in [0.5, 0.6) is 0 Å². The molecule has 2 aromatic heterocycles. The number of hydrogen-bond acceptors (Lipinski definition) is 5. The maximum absolute atomic E-state index is 13.0. The predicted octanol–water partition coefficient (Wildman–Crippen LogP) is 0.522. The molecule has 0 aliphatic carbocycles. The highest BCUT2D eigenvalue weighted by atomic mass is 32.2. The van der Waals surface area contributed by atoms with E-state index >= 15 is 0 Å². The Kier molecular flexibility index (Phi) is 5.26. The number of sulfonamides is 1. The molecule has 150 valence electrons. The quantitative estimate of drug-likeness (QED) is 0.643. The van der Waals surface area contributed by atoms with E-state index in [1.54, 1.807) is 6.92 Å². The Morgan fingerprint density at radius 3 is 2.57 bits per heavy atom. The topological polar surface area (TPSA) is 110 Å². The lowest BCUT2D eigenvalue weighted by atomic mass is 10.2. The molecular formula is C18H23N5O4S. The maximum Gasteiger partial charge on any atom is 0.330 e. The van der Waals surface area contributed by atoms with Crippen molar-refractivity contribution in [2.24, 2.45) is 14.1 Å². The molecule has 0 atom stereocenters. The number of fused-ring (bicyclic) bond motifs is 1. The summed E-state index contributed by atoms with van der Waals surface area (Å²) in [5.74, 6) is 0.673. The number of aromatic nitrogens is 4. The molecule has 28 heavy (non-hydrogen) atoms. The van der Waals surface area contributed by atoms with E-state index < -0.39 is 26.2 Å². The predicted molar refractivity (Wildman–Crippen MR) is 106 cm³/mol. The van der Waals surface area contributed by atoms with E-state index in [-0.39, 0.29) is 13.1 Å². The molecule has 0 saturated heterocycles. The minimum atomic E-state index is -4.05. The third-order valence-electron chi connectivity index (χ3n) is 4.75. The van der Waals surface area contributed by atoms with Crippen LogP contribution < -0.4 is 11.2 Å². The van der Waals surface area contributed by atoms with Crippen LogP contribution >= 0.6 is 0 Å². The van der Waals surface area contributed by atoms with Crippen LogP contribution in [0.15, 0.2) is 38.9 Å². The molecule has 10 heteroatoms. The van der Waals surface area contributed by atoms with Crippen molar-refractivity contribution in [2.45, 2.75) is 25.2 Å². The summed E-state index contributed by atoms with van der Waals surface area (Å²) in [7, 11) is -1.38. The zero-order valence-corrected chi connectivity index (χ0v) is 17.1. The van der Waals surface area contributed by atoms with Crippen molar-refractivity contribution in [1.29, 1.82) is 0 Å². The van der Waals surface area contributed by atoms with Crippen LogP contribution in [0, 0.1) is 6.92 Å². The van der Waals surface area contributed by atoms with E-state index in [9.17, 15) is 18.0 Å². The molecule has 0 aliphatic heterocycles. The van der Waals surface area contributed by atoms with Crippen molar-refractivity contribution >= 4 is 21.1 Å². The van der Waals surface area contributed by atoms with Gasteiger partial charge in [0.25, 0.3) is 5.56 Å². The lowest BCUT2D eigenvalue weighted by Crippen LogP contribution is -2.43. The first kappa shape index (κ1) is 20.0. The minimum absolute atomic E-state index is 0.156. The number of aryl methyl sites for hydroxylation is 2. The molecule has 3 rings (SSSR count). The standard InChI is InChI=1S/C18H23N5O4S/c1-5-23(10-9-15-19-13-8-6-7-12(2)16(13)20-15)28(26,27)14-11-21(3)18(25)22(4)17(14)24/h6-8,11H,5,9-10H2,1-4H3,(H,19,20). The summed E-state index contributed by atoms with van der Waals surface area (Å²) in [4.78, 5) is 31.5. The number of likely N-dealkylation sites (N-methyl/N-ethyl adjacent to an activating group) is 1. The van der Waals surface area contributed by atoms with Gasteiger partial charge in [-0.15, -0.1) is 0 Å². The Labute approximate surface area is 162 Å². The average molecular weight is 405 g/mol. The first-order valence-corrected chi connectivity index (χ1v) is 10.3. The summed E-state index contributed by atoms with van der Waals surface area (Å²) in [6.45, 7) is 4.01. The lowest BCUT2D eigenvalue weighted by molar-refractivity contribution is 0.426. The number of benzene rings is 1. The van der Waals surface area contributed by atoms with Crippen LogP contribution in [0.3, 0.4) is 0 Å². The van der Waals surface area contributed by atoms with Crippen molar-refractivity contribution in [2.75, 3.05) is 13.1 Å². The third-order valence-corrected chi connectivity index (χ3v) is 6.70. The molecule has 2 heterocycles. The Hall–Kier alpha value is -2.72. The number of para-hydroxylation sites is 1. The van der Waals surface area contributed by atoms with Crippen LogP contribution in [0.25, 0.3) is 11.0 Å². The van der Waals surface area contributed by atoms with Crippen LogP contribution in [0.4, 0.5) is 0 Å². The van der Waals surface area contributed by atoms with Crippen LogP contribution in [-0.4, -0.2) is 44.9 Å². The Balaban J connectivity index is 1.91. The van der Waals surface area contributed by atoms with Crippen molar-refractivity contribution < 1.29 is 8.42 Å². The summed E-state index contributed by atoms with van der Waals surface area (Å²) in [5.41, 5.74) is 1.38. The molecule has 9 nitrogen and oxygen atoms in total. The highest BCUT2D eigenvalue weighted by Gasteiger charge is 2.28. The molecule has 0 unspecified atom stereocenters. The Morgan fingerprint density at radius 1 is 1.21 bits per heavy atom. The molecule has 1 N–H and O–H groups in total. The van der Waals surface area contributed by atoms with Gasteiger partial charge in [-0.2, -0.15) is 4.31 Å². The summed E-state index contributed by atoms with van der Waals surface area (Å²) >= 11 is 0. The molecule has 0 saturated carbocycles. The highest BCUT2D eigenvalue weighted by molar-refractivity contribution is 7.89. The molecule has 0 fully saturated rings. The van der Waals surface area contributed by atoms with E-state index in [1.807, 2.05) is 25.1 Å². The van der Waals surface area contributed by atoms with E-state index in [0.29, 0.717) is 12.2 Å². The monoisotopic (exact) mass is 405 g/mol. The Bertz CT molecular complexity index is 1250. The zero-order chi connectivity index (χ0) is 20.6. The number of rotatable bonds is 6. The summed E-state index contributed by atoms with van der Waals surface area (Å²) in [6, 6.07) is 5.81. The van der Waals surface area contributed by atoms with E-state index in [2.05, 4.69) is 9.97 Å². The van der Waals surface area contributed by atoms with Crippen molar-refractivity contribution in [3.63, 3.8) is 0 Å². The number of nitrogens with zero attached hydrogens (tertiary/aromatic N) is 4. The second-order valence-electron chi connectivity index (χ2n) is 6.65. The zero-order valence-electron chi connectivity index (χ0n) is 16.3. The van der Waals surface area contributed by atoms with Gasteiger partial charge >= 0.3 is 5.69 Å². The fourth-order valence-electron chi connectivity index (χ4n) is 3.11. The molecule has 1 aromatic carbocycles. The maximum atomic E-state index is 13.0. The van der Waals surface area contributed by atoms with Crippen LogP contribution in [-0.2, 0) is 30.5 Å². The van der Waals surface area contributed by atoms with E-state index in [1.165, 1.54) is 18.4 Å². The van der Waals surface area contributed by atoms with E-state index in [0.717, 1.165) is 31.9 Å². The number of aromatic amines is 1. The van der Waals surface area contributed by atoms with Gasteiger partial charge in [0.2, 0.25) is 10.0 Å². The molecular weight excluding hydrogens is 382 g/mol. The Morgan fingerprint density at radius 2 is 1.93 bits per heavy atom. The van der Waals surface area contributed by atoms with Gasteiger partial charge < -0.3 is 9.55 Å². The second-order valence-corrected chi connectivity index (χ2v) is 8.56. The van der Waals surface area contributed by atoms with Gasteiger partial charge in [-0.25, -0.2) is 18.2 Å². The first-order chi connectivity index (χ1) is 13.2. The van der Waals surface area contributed by atoms with Crippen molar-refractivity contribution in [3.8, 4) is 0 Å². The number of imidazole rings is 1. The summed E-state index contributed by atoms with van der Waals surface area (Å²) in [5, 5.41) is 0. The van der Waals surface area contributed by atoms with Gasteiger partial charge in [0.15, 0.2) is 4.90 Å². The molecule has 0 aliphatic rings. The smallest absolute Gasteiger partial charge is 0.330 e. The largest absolute Gasteiger partial charge is 0.342 e.